The minimum absolute atomic E-state index is 0.383. The van der Waals surface area contributed by atoms with Crippen LogP contribution in [-0.4, -0.2) is 18.6 Å². The molecule has 2 aromatic carbocycles. The Kier molecular flexibility index (Phi) is 6.34. The summed E-state index contributed by atoms with van der Waals surface area (Å²) in [6.07, 6.45) is -3.80. The monoisotopic (exact) mass is 452 g/mol. The molecule has 0 saturated carbocycles. The molecule has 0 heterocycles. The zero-order valence-electron chi connectivity index (χ0n) is 13.2. The second-order valence-electron chi connectivity index (χ2n) is 4.79. The van der Waals surface area contributed by atoms with Crippen molar-refractivity contribution in [3.8, 4) is 11.5 Å². The number of carbonyl (C=O) groups is 1. The summed E-state index contributed by atoms with van der Waals surface area (Å²) in [4.78, 5) is 11.7. The van der Waals surface area contributed by atoms with Crippen molar-refractivity contribution >= 4 is 29.3 Å². The Bertz CT molecular complexity index is 919. The van der Waals surface area contributed by atoms with Crippen molar-refractivity contribution < 1.29 is 49.4 Å². The maximum atomic E-state index is 13.6. The van der Waals surface area contributed by atoms with Crippen LogP contribution in [0.2, 0.25) is 5.02 Å². The molecule has 152 valence electrons. The van der Waals surface area contributed by atoms with Crippen LogP contribution in [0.4, 0.5) is 35.1 Å². The van der Waals surface area contributed by atoms with Gasteiger partial charge in [0.1, 0.15) is 5.75 Å². The fourth-order valence-corrected chi connectivity index (χ4v) is 2.98. The number of halogens is 9. The molecule has 0 aromatic heterocycles. The van der Waals surface area contributed by atoms with E-state index in [2.05, 4.69) is 9.47 Å². The van der Waals surface area contributed by atoms with Crippen LogP contribution in [0.15, 0.2) is 17.0 Å². The van der Waals surface area contributed by atoms with Crippen molar-refractivity contribution in [3.05, 3.63) is 51.8 Å². The molecular weight excluding hydrogens is 448 g/mol. The molecule has 28 heavy (non-hydrogen) atoms. The van der Waals surface area contributed by atoms with Crippen molar-refractivity contribution in [1.29, 1.82) is 0 Å². The minimum Gasteiger partial charge on any atom is -0.416 e. The SMILES string of the molecule is CSc1c(OC(F)(F)F)ccc(C(=O)Oc2c(F)c(F)c(F)c(F)c2F)c1Cl. The van der Waals surface area contributed by atoms with Crippen LogP contribution in [0, 0.1) is 29.1 Å². The minimum atomic E-state index is -5.08. The third-order valence-corrected chi connectivity index (χ3v) is 4.39. The van der Waals surface area contributed by atoms with Crippen LogP contribution in [0.25, 0.3) is 0 Å². The van der Waals surface area contributed by atoms with Gasteiger partial charge in [0.2, 0.25) is 34.8 Å². The van der Waals surface area contributed by atoms with Gasteiger partial charge >= 0.3 is 12.3 Å². The number of hydrogen-bond acceptors (Lipinski definition) is 4. The first-order chi connectivity index (χ1) is 12.9. The Labute approximate surface area is 160 Å². The van der Waals surface area contributed by atoms with Gasteiger partial charge in [0.05, 0.1) is 15.5 Å². The van der Waals surface area contributed by atoms with E-state index in [1.54, 1.807) is 0 Å². The number of thioether (sulfide) groups is 1. The first-order valence-corrected chi connectivity index (χ1v) is 8.35. The van der Waals surface area contributed by atoms with Crippen molar-refractivity contribution in [2.45, 2.75) is 11.3 Å². The van der Waals surface area contributed by atoms with E-state index >= 15 is 0 Å². The van der Waals surface area contributed by atoms with Crippen molar-refractivity contribution in [3.63, 3.8) is 0 Å². The average molecular weight is 453 g/mol. The van der Waals surface area contributed by atoms with Gasteiger partial charge in [0.15, 0.2) is 0 Å². The lowest BCUT2D eigenvalue weighted by Crippen LogP contribution is -2.18. The van der Waals surface area contributed by atoms with Crippen LogP contribution in [-0.2, 0) is 0 Å². The van der Waals surface area contributed by atoms with Gasteiger partial charge in [-0.1, -0.05) is 11.6 Å². The highest BCUT2D eigenvalue weighted by Gasteiger charge is 2.34. The predicted molar refractivity (Wildman–Crippen MR) is 81.1 cm³/mol. The van der Waals surface area contributed by atoms with E-state index < -0.39 is 63.5 Å². The lowest BCUT2D eigenvalue weighted by Gasteiger charge is -2.15. The molecule has 13 heteroatoms. The summed E-state index contributed by atoms with van der Waals surface area (Å²) in [5, 5.41) is -0.650. The molecule has 0 fully saturated rings. The zero-order chi connectivity index (χ0) is 21.4. The molecule has 0 spiro atoms. The van der Waals surface area contributed by atoms with E-state index in [-0.39, 0.29) is 4.90 Å². The van der Waals surface area contributed by atoms with Gasteiger partial charge in [-0.05, 0) is 18.4 Å². The van der Waals surface area contributed by atoms with E-state index in [4.69, 9.17) is 11.6 Å². The Morgan fingerprint density at radius 1 is 0.964 bits per heavy atom. The lowest BCUT2D eigenvalue weighted by atomic mass is 10.2. The molecule has 0 aliphatic heterocycles. The Balaban J connectivity index is 2.47. The molecule has 0 N–H and O–H groups in total. The third kappa shape index (κ3) is 4.27. The van der Waals surface area contributed by atoms with Crippen LogP contribution in [0.5, 0.6) is 11.5 Å². The second kappa shape index (κ2) is 8.03. The molecule has 0 aliphatic rings. The highest BCUT2D eigenvalue weighted by molar-refractivity contribution is 7.98. The third-order valence-electron chi connectivity index (χ3n) is 3.07. The first-order valence-electron chi connectivity index (χ1n) is 6.74. The summed E-state index contributed by atoms with van der Waals surface area (Å²) in [6.45, 7) is 0. The summed E-state index contributed by atoms with van der Waals surface area (Å²) in [5.74, 6) is -16.4. The summed E-state index contributed by atoms with van der Waals surface area (Å²) in [6, 6.07) is 1.33. The quantitative estimate of drug-likeness (QED) is 0.145. The van der Waals surface area contributed by atoms with E-state index in [1.165, 1.54) is 6.26 Å². The van der Waals surface area contributed by atoms with Crippen LogP contribution in [0.1, 0.15) is 10.4 Å². The molecule has 0 amide bonds. The number of benzene rings is 2. The number of esters is 1. The summed E-state index contributed by atoms with van der Waals surface area (Å²) in [5.41, 5.74) is -0.704. The van der Waals surface area contributed by atoms with Crippen molar-refractivity contribution in [2.75, 3.05) is 6.26 Å². The Hall–Kier alpha value is -2.21. The average Bonchev–Trinajstić information content (AvgIpc) is 2.61. The highest BCUT2D eigenvalue weighted by Crippen LogP contribution is 2.40. The summed E-state index contributed by atoms with van der Waals surface area (Å²) < 4.78 is 112. The molecule has 2 rings (SSSR count). The van der Waals surface area contributed by atoms with Gasteiger partial charge in [-0.25, -0.2) is 18.0 Å². The van der Waals surface area contributed by atoms with Crippen LogP contribution >= 0.6 is 23.4 Å². The van der Waals surface area contributed by atoms with E-state index in [0.29, 0.717) is 23.9 Å². The lowest BCUT2D eigenvalue weighted by molar-refractivity contribution is -0.275. The van der Waals surface area contributed by atoms with E-state index in [0.717, 1.165) is 0 Å². The number of alkyl halides is 3. The molecule has 3 nitrogen and oxygen atoms in total. The van der Waals surface area contributed by atoms with Gasteiger partial charge in [0, 0.05) is 0 Å². The molecule has 0 bridgehead atoms. The maximum Gasteiger partial charge on any atom is 0.573 e. The smallest absolute Gasteiger partial charge is 0.416 e. The molecule has 0 saturated heterocycles. The molecule has 0 radical (unpaired) electrons. The standard InChI is InChI=1S/C15H5ClF8O3S/c1-28-13-5(27-15(22,23)24)3-2-4(6(13)16)14(25)26-12-10(20)8(18)7(17)9(19)11(12)21/h2-3H,1H3. The number of rotatable bonds is 4. The Morgan fingerprint density at radius 2 is 1.46 bits per heavy atom. The Morgan fingerprint density at radius 3 is 1.93 bits per heavy atom. The van der Waals surface area contributed by atoms with Gasteiger partial charge in [-0.2, -0.15) is 8.78 Å². The number of carbonyl (C=O) groups excluding carboxylic acids is 1. The second-order valence-corrected chi connectivity index (χ2v) is 5.99. The molecule has 0 atom stereocenters. The van der Waals surface area contributed by atoms with Gasteiger partial charge in [0.25, 0.3) is 0 Å². The molecule has 0 aliphatic carbocycles. The normalized spacial score (nSPS) is 11.5. The van der Waals surface area contributed by atoms with E-state index in [9.17, 15) is 39.9 Å². The largest absolute Gasteiger partial charge is 0.573 e. The highest BCUT2D eigenvalue weighted by atomic mass is 35.5. The first kappa shape index (κ1) is 22.1. The summed E-state index contributed by atoms with van der Waals surface area (Å²) in [7, 11) is 0. The molecule has 2 aromatic rings. The van der Waals surface area contributed by atoms with Gasteiger partial charge < -0.3 is 9.47 Å². The fraction of sp³-hybridized carbons (Fsp3) is 0.133. The van der Waals surface area contributed by atoms with Crippen molar-refractivity contribution in [1.82, 2.24) is 0 Å². The summed E-state index contributed by atoms with van der Waals surface area (Å²) >= 11 is 6.44. The number of hydrogen-bond donors (Lipinski definition) is 0. The fourth-order valence-electron chi connectivity index (χ4n) is 1.91. The van der Waals surface area contributed by atoms with Gasteiger partial charge in [-0.3, -0.25) is 0 Å². The van der Waals surface area contributed by atoms with E-state index in [1.807, 2.05) is 0 Å². The number of ether oxygens (including phenoxy) is 2. The maximum absolute atomic E-state index is 13.6. The topological polar surface area (TPSA) is 35.5 Å². The van der Waals surface area contributed by atoms with Crippen molar-refractivity contribution in [2.24, 2.45) is 0 Å². The zero-order valence-corrected chi connectivity index (χ0v) is 14.8. The molecule has 0 unspecified atom stereocenters. The predicted octanol–water partition coefficient (Wildman–Crippen LogP) is 5.88. The van der Waals surface area contributed by atoms with Crippen LogP contribution in [0.3, 0.4) is 0 Å². The molecular formula is C15H5ClF8O3S. The van der Waals surface area contributed by atoms with Gasteiger partial charge in [-0.15, -0.1) is 24.9 Å². The van der Waals surface area contributed by atoms with Crippen LogP contribution < -0.4 is 9.47 Å².